The van der Waals surface area contributed by atoms with Gasteiger partial charge in [-0.2, -0.15) is 0 Å². The van der Waals surface area contributed by atoms with Crippen LogP contribution in [0.1, 0.15) is 19.3 Å². The third kappa shape index (κ3) is 10.6. The van der Waals surface area contributed by atoms with Crippen LogP contribution in [0.25, 0.3) is 0 Å². The first-order chi connectivity index (χ1) is 5.41. The Labute approximate surface area is 76.2 Å². The van der Waals surface area contributed by atoms with E-state index in [1.807, 2.05) is 0 Å². The third-order valence-electron chi connectivity index (χ3n) is 1.14. The molecule has 11 heavy (non-hydrogen) atoms. The molecule has 0 heterocycles. The zero-order chi connectivity index (χ0) is 8.36. The fourth-order valence-corrected chi connectivity index (χ4v) is 2.52. The van der Waals surface area contributed by atoms with Crippen LogP contribution in [0.2, 0.25) is 0 Å². The summed E-state index contributed by atoms with van der Waals surface area (Å²) in [5.41, 5.74) is 0. The second kappa shape index (κ2) is 10.6. The van der Waals surface area contributed by atoms with Crippen LogP contribution in [0.3, 0.4) is 0 Å². The summed E-state index contributed by atoms with van der Waals surface area (Å²) in [5.74, 6) is 1.95. The lowest BCUT2D eigenvalue weighted by molar-refractivity contribution is 0.284. The molecule has 0 aliphatic carbocycles. The van der Waals surface area contributed by atoms with Crippen molar-refractivity contribution in [3.8, 4) is 0 Å². The van der Waals surface area contributed by atoms with Crippen LogP contribution in [0, 0.1) is 0 Å². The van der Waals surface area contributed by atoms with Gasteiger partial charge in [-0.05, 0) is 12.8 Å². The number of aliphatic hydroxyl groups excluding tert-OH is 2. The molecule has 68 valence electrons. The first kappa shape index (κ1) is 11.6. The van der Waals surface area contributed by atoms with Crippen molar-refractivity contribution in [2.75, 3.05) is 24.7 Å². The van der Waals surface area contributed by atoms with Crippen LogP contribution >= 0.6 is 21.6 Å². The molecule has 0 radical (unpaired) electrons. The highest BCUT2D eigenvalue weighted by molar-refractivity contribution is 8.76. The molecule has 0 saturated carbocycles. The largest absolute Gasteiger partial charge is 0.396 e. The molecule has 0 aromatic heterocycles. The van der Waals surface area contributed by atoms with Gasteiger partial charge in [0.25, 0.3) is 0 Å². The highest BCUT2D eigenvalue weighted by Crippen LogP contribution is 2.21. The molecular formula is C7H16O2S2. The summed E-state index contributed by atoms with van der Waals surface area (Å²) in [7, 11) is 3.52. The van der Waals surface area contributed by atoms with E-state index >= 15 is 0 Å². The minimum absolute atomic E-state index is 0.272. The van der Waals surface area contributed by atoms with Crippen LogP contribution in [-0.2, 0) is 0 Å². The zero-order valence-corrected chi connectivity index (χ0v) is 8.29. The molecule has 0 amide bonds. The molecule has 0 unspecified atom stereocenters. The van der Waals surface area contributed by atoms with Gasteiger partial charge in [0.2, 0.25) is 0 Å². The molecule has 0 fully saturated rings. The molecule has 0 atom stereocenters. The summed E-state index contributed by atoms with van der Waals surface area (Å²) in [6, 6.07) is 0. The van der Waals surface area contributed by atoms with E-state index in [1.54, 1.807) is 21.6 Å². The fraction of sp³-hybridized carbons (Fsp3) is 1.00. The average Bonchev–Trinajstić information content (AvgIpc) is 2.03. The van der Waals surface area contributed by atoms with Gasteiger partial charge in [0, 0.05) is 18.1 Å². The lowest BCUT2D eigenvalue weighted by Crippen LogP contribution is -1.85. The number of unbranched alkanes of at least 4 members (excludes halogenated alkanes) is 2. The summed E-state index contributed by atoms with van der Waals surface area (Å²) in [5, 5.41) is 16.9. The molecule has 0 saturated heterocycles. The van der Waals surface area contributed by atoms with Gasteiger partial charge in [-0.25, -0.2) is 0 Å². The van der Waals surface area contributed by atoms with Crippen LogP contribution in [-0.4, -0.2) is 34.9 Å². The van der Waals surface area contributed by atoms with Crippen molar-refractivity contribution >= 4 is 21.6 Å². The van der Waals surface area contributed by atoms with E-state index in [4.69, 9.17) is 10.2 Å². The molecule has 0 bridgehead atoms. The third-order valence-corrected chi connectivity index (χ3v) is 3.61. The summed E-state index contributed by atoms with van der Waals surface area (Å²) in [4.78, 5) is 0. The van der Waals surface area contributed by atoms with Gasteiger partial charge >= 0.3 is 0 Å². The van der Waals surface area contributed by atoms with Crippen molar-refractivity contribution in [2.45, 2.75) is 19.3 Å². The van der Waals surface area contributed by atoms with Crippen molar-refractivity contribution in [1.29, 1.82) is 0 Å². The van der Waals surface area contributed by atoms with E-state index in [0.717, 1.165) is 24.3 Å². The van der Waals surface area contributed by atoms with E-state index in [0.29, 0.717) is 6.61 Å². The van der Waals surface area contributed by atoms with Gasteiger partial charge < -0.3 is 10.2 Å². The van der Waals surface area contributed by atoms with E-state index in [1.165, 1.54) is 6.42 Å². The maximum Gasteiger partial charge on any atom is 0.0530 e. The monoisotopic (exact) mass is 196 g/mol. The first-order valence-corrected chi connectivity index (χ1v) is 6.36. The molecule has 0 spiro atoms. The Hall–Kier alpha value is 0.620. The predicted molar refractivity (Wildman–Crippen MR) is 52.9 cm³/mol. The maximum absolute atomic E-state index is 8.46. The van der Waals surface area contributed by atoms with Gasteiger partial charge in [-0.3, -0.25) is 0 Å². The number of hydrogen-bond donors (Lipinski definition) is 2. The SMILES string of the molecule is OCCCCCSSCCO. The highest BCUT2D eigenvalue weighted by Gasteiger charge is 1.90. The van der Waals surface area contributed by atoms with Crippen LogP contribution in [0.4, 0.5) is 0 Å². The normalized spacial score (nSPS) is 10.4. The van der Waals surface area contributed by atoms with Gasteiger partial charge in [-0.1, -0.05) is 28.0 Å². The van der Waals surface area contributed by atoms with Crippen LogP contribution in [0.15, 0.2) is 0 Å². The van der Waals surface area contributed by atoms with Crippen LogP contribution < -0.4 is 0 Å². The van der Waals surface area contributed by atoms with Gasteiger partial charge in [0.15, 0.2) is 0 Å². The molecule has 4 heteroatoms. The molecule has 0 aromatic carbocycles. The molecular weight excluding hydrogens is 180 g/mol. The Kier molecular flexibility index (Phi) is 11.2. The smallest absolute Gasteiger partial charge is 0.0530 e. The second-order valence-corrected chi connectivity index (χ2v) is 4.85. The topological polar surface area (TPSA) is 40.5 Å². The minimum Gasteiger partial charge on any atom is -0.396 e. The molecule has 0 rings (SSSR count). The summed E-state index contributed by atoms with van der Waals surface area (Å²) < 4.78 is 0. The minimum atomic E-state index is 0.272. The molecule has 2 nitrogen and oxygen atoms in total. The first-order valence-electron chi connectivity index (χ1n) is 3.88. The maximum atomic E-state index is 8.46. The molecule has 2 N–H and O–H groups in total. The number of aliphatic hydroxyl groups is 2. The van der Waals surface area contributed by atoms with Crippen molar-refractivity contribution in [3.63, 3.8) is 0 Å². The van der Waals surface area contributed by atoms with E-state index in [-0.39, 0.29) is 6.61 Å². The number of hydrogen-bond acceptors (Lipinski definition) is 4. The summed E-state index contributed by atoms with van der Waals surface area (Å²) in [6.45, 7) is 0.586. The van der Waals surface area contributed by atoms with Gasteiger partial charge in [-0.15, -0.1) is 0 Å². The molecule has 0 aliphatic heterocycles. The Balaban J connectivity index is 2.69. The van der Waals surface area contributed by atoms with E-state index in [9.17, 15) is 0 Å². The average molecular weight is 196 g/mol. The van der Waals surface area contributed by atoms with Gasteiger partial charge in [0.1, 0.15) is 0 Å². The molecule has 0 aliphatic rings. The van der Waals surface area contributed by atoms with E-state index in [2.05, 4.69) is 0 Å². The van der Waals surface area contributed by atoms with Gasteiger partial charge in [0.05, 0.1) is 6.61 Å². The van der Waals surface area contributed by atoms with Crippen molar-refractivity contribution in [2.24, 2.45) is 0 Å². The predicted octanol–water partition coefficient (Wildman–Crippen LogP) is 1.52. The van der Waals surface area contributed by atoms with Crippen molar-refractivity contribution < 1.29 is 10.2 Å². The highest BCUT2D eigenvalue weighted by atomic mass is 33.1. The Morgan fingerprint density at radius 3 is 2.09 bits per heavy atom. The standard InChI is InChI=1S/C7H16O2S2/c8-4-2-1-3-6-10-11-7-5-9/h8-9H,1-7H2. The van der Waals surface area contributed by atoms with Crippen molar-refractivity contribution in [1.82, 2.24) is 0 Å². The summed E-state index contributed by atoms with van der Waals surface area (Å²) >= 11 is 0. The lowest BCUT2D eigenvalue weighted by Gasteiger charge is -1.98. The fourth-order valence-electron chi connectivity index (χ4n) is 0.605. The Morgan fingerprint density at radius 2 is 1.45 bits per heavy atom. The zero-order valence-electron chi connectivity index (χ0n) is 6.66. The Bertz CT molecular complexity index is 63.5. The number of rotatable bonds is 8. The molecule has 0 aromatic rings. The van der Waals surface area contributed by atoms with E-state index < -0.39 is 0 Å². The van der Waals surface area contributed by atoms with Crippen molar-refractivity contribution in [3.05, 3.63) is 0 Å². The quantitative estimate of drug-likeness (QED) is 0.456. The van der Waals surface area contributed by atoms with Crippen LogP contribution in [0.5, 0.6) is 0 Å². The lowest BCUT2D eigenvalue weighted by atomic mass is 10.3. The Morgan fingerprint density at radius 1 is 0.727 bits per heavy atom. The summed E-state index contributed by atoms with van der Waals surface area (Å²) in [6.07, 6.45) is 3.21. The second-order valence-electron chi connectivity index (χ2n) is 2.15.